The normalized spacial score (nSPS) is 10.9. The first-order valence-corrected chi connectivity index (χ1v) is 10.5. The number of carbonyl (C=O) groups is 1. The van der Waals surface area contributed by atoms with Gasteiger partial charge in [0.2, 0.25) is 5.91 Å². The lowest BCUT2D eigenvalue weighted by Crippen LogP contribution is -2.31. The van der Waals surface area contributed by atoms with E-state index in [1.54, 1.807) is 18.3 Å². The van der Waals surface area contributed by atoms with E-state index in [0.29, 0.717) is 17.4 Å². The lowest BCUT2D eigenvalue weighted by atomic mass is 10.3. The Morgan fingerprint density at radius 1 is 1.18 bits per heavy atom. The molecule has 4 rings (SSSR count). The largest absolute Gasteiger partial charge is 0.497 e. The molecule has 0 saturated carbocycles. The van der Waals surface area contributed by atoms with Crippen LogP contribution in [0.1, 0.15) is 5.76 Å². The quantitative estimate of drug-likeness (QED) is 0.391. The molecule has 5 nitrogen and oxygen atoms in total. The smallest absolute Gasteiger partial charge is 0.239 e. The fourth-order valence-electron chi connectivity index (χ4n) is 2.70. The van der Waals surface area contributed by atoms with Gasteiger partial charge in [-0.1, -0.05) is 29.5 Å². The molecule has 0 fully saturated rings. The molecule has 2 aromatic carbocycles. The fourth-order valence-corrected chi connectivity index (χ4v) is 4.46. The molecule has 1 amide bonds. The van der Waals surface area contributed by atoms with Crippen LogP contribution in [-0.2, 0) is 11.3 Å². The van der Waals surface area contributed by atoms with Gasteiger partial charge in [0.25, 0.3) is 0 Å². The molecule has 4 aromatic rings. The van der Waals surface area contributed by atoms with Crippen molar-refractivity contribution in [2.24, 2.45) is 0 Å². The van der Waals surface area contributed by atoms with E-state index in [4.69, 9.17) is 9.15 Å². The standard InChI is InChI=1S/C21H18N2O3S2/c1-25-15-9-10-19-18(12-15)22-21(28-19)23(13-16-6-5-11-26-16)20(24)14-27-17-7-3-2-4-8-17/h2-12H,13-14H2,1H3. The molecule has 0 aliphatic rings. The van der Waals surface area contributed by atoms with Crippen LogP contribution in [0.4, 0.5) is 5.13 Å². The van der Waals surface area contributed by atoms with Crippen LogP contribution in [-0.4, -0.2) is 23.8 Å². The number of fused-ring (bicyclic) bond motifs is 1. The Morgan fingerprint density at radius 3 is 2.79 bits per heavy atom. The van der Waals surface area contributed by atoms with Gasteiger partial charge in [0, 0.05) is 11.0 Å². The number of methoxy groups -OCH3 is 1. The van der Waals surface area contributed by atoms with Crippen LogP contribution in [0.15, 0.2) is 76.2 Å². The monoisotopic (exact) mass is 410 g/mol. The maximum Gasteiger partial charge on any atom is 0.239 e. The van der Waals surface area contributed by atoms with Gasteiger partial charge in [-0.05, 0) is 36.4 Å². The number of ether oxygens (including phenoxy) is 1. The third-order valence-corrected chi connectivity index (χ3v) is 6.17. The van der Waals surface area contributed by atoms with Gasteiger partial charge in [-0.3, -0.25) is 9.69 Å². The summed E-state index contributed by atoms with van der Waals surface area (Å²) < 4.78 is 11.7. The number of thiazole rings is 1. The summed E-state index contributed by atoms with van der Waals surface area (Å²) in [7, 11) is 1.63. The number of benzene rings is 2. The van der Waals surface area contributed by atoms with E-state index in [1.165, 1.54) is 23.1 Å². The number of hydrogen-bond acceptors (Lipinski definition) is 6. The molecular formula is C21H18N2O3S2. The first kappa shape index (κ1) is 18.6. The van der Waals surface area contributed by atoms with Gasteiger partial charge in [-0.25, -0.2) is 4.98 Å². The second-order valence-corrected chi connectivity index (χ2v) is 8.05. The molecule has 7 heteroatoms. The zero-order valence-electron chi connectivity index (χ0n) is 15.2. The molecule has 0 saturated heterocycles. The van der Waals surface area contributed by atoms with Crippen molar-refractivity contribution >= 4 is 44.4 Å². The number of furan rings is 1. The molecule has 0 bridgehead atoms. The molecule has 2 heterocycles. The van der Waals surface area contributed by atoms with E-state index in [9.17, 15) is 4.79 Å². The molecule has 0 atom stereocenters. The second-order valence-electron chi connectivity index (χ2n) is 5.99. The van der Waals surface area contributed by atoms with Crippen LogP contribution in [0.5, 0.6) is 5.75 Å². The molecule has 2 aromatic heterocycles. The Balaban J connectivity index is 1.60. The predicted molar refractivity (Wildman–Crippen MR) is 113 cm³/mol. The lowest BCUT2D eigenvalue weighted by Gasteiger charge is -2.18. The summed E-state index contributed by atoms with van der Waals surface area (Å²) >= 11 is 3.00. The number of aromatic nitrogens is 1. The number of amides is 1. The highest BCUT2D eigenvalue weighted by Crippen LogP contribution is 2.32. The average Bonchev–Trinajstić information content (AvgIpc) is 3.39. The molecule has 28 heavy (non-hydrogen) atoms. The average molecular weight is 411 g/mol. The molecule has 0 radical (unpaired) electrons. The van der Waals surface area contributed by atoms with Crippen LogP contribution in [0.3, 0.4) is 0 Å². The fraction of sp³-hybridized carbons (Fsp3) is 0.143. The van der Waals surface area contributed by atoms with Crippen molar-refractivity contribution in [3.05, 3.63) is 72.7 Å². The summed E-state index contributed by atoms with van der Waals surface area (Å²) in [6, 6.07) is 19.3. The summed E-state index contributed by atoms with van der Waals surface area (Å²) in [5.74, 6) is 1.77. The number of anilines is 1. The number of nitrogens with zero attached hydrogens (tertiary/aromatic N) is 2. The van der Waals surface area contributed by atoms with E-state index in [-0.39, 0.29) is 5.91 Å². The first-order chi connectivity index (χ1) is 13.7. The maximum absolute atomic E-state index is 13.0. The number of rotatable bonds is 7. The summed E-state index contributed by atoms with van der Waals surface area (Å²) in [5, 5.41) is 0.651. The highest BCUT2D eigenvalue weighted by molar-refractivity contribution is 8.00. The summed E-state index contributed by atoms with van der Waals surface area (Å²) in [5.41, 5.74) is 0.812. The second kappa shape index (κ2) is 8.50. The molecule has 142 valence electrons. The molecule has 0 unspecified atom stereocenters. The van der Waals surface area contributed by atoms with Gasteiger partial charge in [0.15, 0.2) is 5.13 Å². The van der Waals surface area contributed by atoms with Gasteiger partial charge in [-0.15, -0.1) is 11.8 Å². The van der Waals surface area contributed by atoms with Crippen LogP contribution < -0.4 is 9.64 Å². The Hall–Kier alpha value is -2.77. The van der Waals surface area contributed by atoms with E-state index >= 15 is 0 Å². The van der Waals surface area contributed by atoms with Crippen molar-refractivity contribution in [1.29, 1.82) is 0 Å². The van der Waals surface area contributed by atoms with Gasteiger partial charge < -0.3 is 9.15 Å². The minimum Gasteiger partial charge on any atom is -0.497 e. The van der Waals surface area contributed by atoms with Crippen molar-refractivity contribution in [2.45, 2.75) is 11.4 Å². The molecule has 0 aliphatic carbocycles. The molecule has 0 N–H and O–H groups in total. The van der Waals surface area contributed by atoms with Gasteiger partial charge in [0.05, 0.1) is 35.9 Å². The molecule has 0 aliphatic heterocycles. The predicted octanol–water partition coefficient (Wildman–Crippen LogP) is 5.22. The van der Waals surface area contributed by atoms with Gasteiger partial charge in [-0.2, -0.15) is 0 Å². The first-order valence-electron chi connectivity index (χ1n) is 8.68. The van der Waals surface area contributed by atoms with Crippen LogP contribution in [0.2, 0.25) is 0 Å². The molecular weight excluding hydrogens is 392 g/mol. The number of carbonyl (C=O) groups excluding carboxylic acids is 1. The zero-order chi connectivity index (χ0) is 19.3. The van der Waals surface area contributed by atoms with Gasteiger partial charge in [0.1, 0.15) is 11.5 Å². The highest BCUT2D eigenvalue weighted by atomic mass is 32.2. The SMILES string of the molecule is COc1ccc2sc(N(Cc3ccco3)C(=O)CSc3ccccc3)nc2c1. The van der Waals surface area contributed by atoms with E-state index < -0.39 is 0 Å². The summed E-state index contributed by atoms with van der Waals surface area (Å²) in [6.07, 6.45) is 1.61. The topological polar surface area (TPSA) is 55.6 Å². The van der Waals surface area contributed by atoms with Crippen molar-refractivity contribution < 1.29 is 13.9 Å². The van der Waals surface area contributed by atoms with Crippen molar-refractivity contribution in [3.8, 4) is 5.75 Å². The molecule has 0 spiro atoms. The summed E-state index contributed by atoms with van der Waals surface area (Å²) in [6.45, 7) is 0.345. The van der Waals surface area contributed by atoms with Crippen LogP contribution >= 0.6 is 23.1 Å². The Kier molecular flexibility index (Phi) is 5.64. The lowest BCUT2D eigenvalue weighted by molar-refractivity contribution is -0.116. The number of hydrogen-bond donors (Lipinski definition) is 0. The third kappa shape index (κ3) is 4.21. The third-order valence-electron chi connectivity index (χ3n) is 4.11. The minimum absolute atomic E-state index is 0.0173. The van der Waals surface area contributed by atoms with Crippen LogP contribution in [0.25, 0.3) is 10.2 Å². The minimum atomic E-state index is -0.0173. The maximum atomic E-state index is 13.0. The van der Waals surface area contributed by atoms with Crippen molar-refractivity contribution in [1.82, 2.24) is 4.98 Å². The van der Waals surface area contributed by atoms with E-state index in [0.717, 1.165) is 26.6 Å². The zero-order valence-corrected chi connectivity index (χ0v) is 16.8. The Labute approximate surface area is 170 Å². The van der Waals surface area contributed by atoms with Crippen LogP contribution in [0, 0.1) is 0 Å². The number of thioether (sulfide) groups is 1. The Bertz CT molecular complexity index is 1060. The van der Waals surface area contributed by atoms with E-state index in [1.807, 2.05) is 60.7 Å². The van der Waals surface area contributed by atoms with Gasteiger partial charge >= 0.3 is 0 Å². The Morgan fingerprint density at radius 2 is 2.04 bits per heavy atom. The highest BCUT2D eigenvalue weighted by Gasteiger charge is 2.21. The van der Waals surface area contributed by atoms with E-state index in [2.05, 4.69) is 4.98 Å². The van der Waals surface area contributed by atoms with Crippen molar-refractivity contribution in [3.63, 3.8) is 0 Å². The van der Waals surface area contributed by atoms with Crippen molar-refractivity contribution in [2.75, 3.05) is 17.8 Å². The summed E-state index contributed by atoms with van der Waals surface area (Å²) in [4.78, 5) is 20.5.